The van der Waals surface area contributed by atoms with Crippen LogP contribution >= 0.6 is 0 Å². The van der Waals surface area contributed by atoms with E-state index < -0.39 is 28.9 Å². The summed E-state index contributed by atoms with van der Waals surface area (Å²) >= 11 is 0. The van der Waals surface area contributed by atoms with Gasteiger partial charge in [-0.25, -0.2) is 14.4 Å². The van der Waals surface area contributed by atoms with Crippen molar-refractivity contribution in [1.82, 2.24) is 19.4 Å². The van der Waals surface area contributed by atoms with Crippen LogP contribution < -0.4 is 0 Å². The van der Waals surface area contributed by atoms with E-state index >= 15 is 0 Å². The van der Waals surface area contributed by atoms with Crippen molar-refractivity contribution in [3.63, 3.8) is 0 Å². The highest BCUT2D eigenvalue weighted by molar-refractivity contribution is 7.82. The fourth-order valence-electron chi connectivity index (χ4n) is 4.39. The number of amides is 2. The summed E-state index contributed by atoms with van der Waals surface area (Å²) in [5, 5.41) is 0.190. The van der Waals surface area contributed by atoms with Gasteiger partial charge >= 0.3 is 12.1 Å². The minimum atomic E-state index is -5.30. The molecular weight excluding hydrogens is 554 g/mol. The number of carbonyl (C=O) groups excluding carboxylic acids is 2. The maximum atomic E-state index is 14.3. The summed E-state index contributed by atoms with van der Waals surface area (Å²) in [6.07, 6.45) is -2.57. The quantitative estimate of drug-likeness (QED) is 0.334. The lowest BCUT2D eigenvalue weighted by molar-refractivity contribution is -0.169. The number of benzene rings is 2. The zero-order valence-corrected chi connectivity index (χ0v) is 21.6. The van der Waals surface area contributed by atoms with Gasteiger partial charge in [-0.1, -0.05) is 24.3 Å². The Balaban J connectivity index is 1.66. The molecule has 1 saturated heterocycles. The zero-order chi connectivity index (χ0) is 28.6. The molecule has 3 heterocycles. The standard InChI is InChI=1S/C26H21F4N5O4S/c1-15-22(40(38)33-24(37)26(28,29)30)19-7-6-16(23(36)34-8-10-39-11-9-34)12-21(19)35(15)25-31-13-17(14-32-25)18-4-2-3-5-20(18)27/h2-7,12-14H,8-11H2,1H3,(H,33,37,38)/p-1. The molecule has 2 aromatic carbocycles. The normalized spacial score (nSPS) is 15.0. The Morgan fingerprint density at radius 3 is 2.40 bits per heavy atom. The first kappa shape index (κ1) is 27.6. The molecule has 14 heteroatoms. The average molecular weight is 575 g/mol. The van der Waals surface area contributed by atoms with Gasteiger partial charge in [0.2, 0.25) is 5.95 Å². The molecule has 40 heavy (non-hydrogen) atoms. The van der Waals surface area contributed by atoms with Gasteiger partial charge in [0.25, 0.3) is 5.91 Å². The van der Waals surface area contributed by atoms with Crippen LogP contribution in [-0.2, 0) is 20.5 Å². The van der Waals surface area contributed by atoms with E-state index in [4.69, 9.17) is 4.74 Å². The second-order valence-corrected chi connectivity index (χ2v) is 9.87. The van der Waals surface area contributed by atoms with Crippen LogP contribution in [0.5, 0.6) is 0 Å². The molecule has 0 spiro atoms. The molecule has 208 valence electrons. The molecule has 5 rings (SSSR count). The summed E-state index contributed by atoms with van der Waals surface area (Å²) in [4.78, 5) is 34.7. The van der Waals surface area contributed by atoms with Crippen LogP contribution in [0.4, 0.5) is 17.6 Å². The summed E-state index contributed by atoms with van der Waals surface area (Å²) < 4.78 is 75.3. The fraction of sp³-hybridized carbons (Fsp3) is 0.231. The number of aromatic nitrogens is 3. The molecule has 2 aromatic heterocycles. The van der Waals surface area contributed by atoms with Crippen molar-refractivity contribution < 1.29 is 36.4 Å². The highest BCUT2D eigenvalue weighted by Gasteiger charge is 2.38. The van der Waals surface area contributed by atoms with Crippen molar-refractivity contribution in [3.05, 3.63) is 71.9 Å². The molecule has 0 aliphatic carbocycles. The molecule has 4 aromatic rings. The highest BCUT2D eigenvalue weighted by atomic mass is 32.2. The second-order valence-electron chi connectivity index (χ2n) is 8.78. The maximum absolute atomic E-state index is 14.3. The number of morpholine rings is 1. The van der Waals surface area contributed by atoms with Crippen molar-refractivity contribution in [2.45, 2.75) is 18.0 Å². The average Bonchev–Trinajstić information content (AvgIpc) is 3.24. The molecule has 1 fully saturated rings. The first-order valence-electron chi connectivity index (χ1n) is 11.9. The van der Waals surface area contributed by atoms with E-state index in [2.05, 4.69) is 14.3 Å². The Bertz CT molecular complexity index is 1650. The van der Waals surface area contributed by atoms with E-state index in [9.17, 15) is 31.7 Å². The first-order valence-corrected chi connectivity index (χ1v) is 13.0. The van der Waals surface area contributed by atoms with Gasteiger partial charge in [0.15, 0.2) is 0 Å². The van der Waals surface area contributed by atoms with E-state index in [1.807, 2.05) is 0 Å². The van der Waals surface area contributed by atoms with E-state index in [0.717, 1.165) is 0 Å². The number of nitrogens with zero attached hydrogens (tertiary/aromatic N) is 5. The number of halogens is 4. The SMILES string of the molecule is Cc1c(S([O-])=NC(=O)C(F)(F)F)c2ccc(C(=O)N3CCOCC3)cc2n1-c1ncc(-c2ccccc2F)cn1. The Labute approximate surface area is 227 Å². The van der Waals surface area contributed by atoms with Crippen molar-refractivity contribution >= 4 is 33.7 Å². The largest absolute Gasteiger partial charge is 0.785 e. The van der Waals surface area contributed by atoms with Crippen LogP contribution in [0.15, 0.2) is 64.1 Å². The highest BCUT2D eigenvalue weighted by Crippen LogP contribution is 2.33. The number of ether oxygens (including phenoxy) is 1. The lowest BCUT2D eigenvalue weighted by Crippen LogP contribution is -2.40. The lowest BCUT2D eigenvalue weighted by Gasteiger charge is -2.26. The van der Waals surface area contributed by atoms with Crippen molar-refractivity contribution in [3.8, 4) is 17.1 Å². The van der Waals surface area contributed by atoms with Gasteiger partial charge in [0.05, 0.1) is 18.7 Å². The van der Waals surface area contributed by atoms with Crippen LogP contribution in [0, 0.1) is 12.7 Å². The minimum Gasteiger partial charge on any atom is -0.785 e. The molecule has 1 unspecified atom stereocenters. The van der Waals surface area contributed by atoms with Crippen LogP contribution in [0.25, 0.3) is 28.0 Å². The van der Waals surface area contributed by atoms with Crippen molar-refractivity contribution in [2.24, 2.45) is 4.36 Å². The third-order valence-corrected chi connectivity index (χ3v) is 7.49. The van der Waals surface area contributed by atoms with Gasteiger partial charge in [-0.3, -0.25) is 14.2 Å². The third-order valence-electron chi connectivity index (χ3n) is 6.30. The monoisotopic (exact) mass is 574 g/mol. The van der Waals surface area contributed by atoms with Gasteiger partial charge in [0, 0.05) is 58.1 Å². The smallest absolute Gasteiger partial charge is 0.474 e. The van der Waals surface area contributed by atoms with Crippen molar-refractivity contribution in [2.75, 3.05) is 26.3 Å². The van der Waals surface area contributed by atoms with E-state index in [1.165, 1.54) is 54.2 Å². The number of alkyl halides is 3. The summed E-state index contributed by atoms with van der Waals surface area (Å²) in [5.74, 6) is -3.26. The van der Waals surface area contributed by atoms with Gasteiger partial charge in [0.1, 0.15) is 5.82 Å². The summed E-state index contributed by atoms with van der Waals surface area (Å²) in [7, 11) is -2.74. The zero-order valence-electron chi connectivity index (χ0n) is 20.8. The summed E-state index contributed by atoms with van der Waals surface area (Å²) in [6.45, 7) is 2.97. The number of carbonyl (C=O) groups is 2. The van der Waals surface area contributed by atoms with Crippen LogP contribution in [-0.4, -0.2) is 68.3 Å². The Hall–Kier alpha value is -4.01. The molecule has 1 atom stereocenters. The predicted octanol–water partition coefficient (Wildman–Crippen LogP) is 4.39. The Morgan fingerprint density at radius 2 is 1.75 bits per heavy atom. The molecule has 9 nitrogen and oxygen atoms in total. The minimum absolute atomic E-state index is 0.0176. The van der Waals surface area contributed by atoms with Gasteiger partial charge < -0.3 is 14.2 Å². The second kappa shape index (κ2) is 10.9. The summed E-state index contributed by atoms with van der Waals surface area (Å²) in [6, 6.07) is 10.4. The van der Waals surface area contributed by atoms with Crippen molar-refractivity contribution in [1.29, 1.82) is 0 Å². The number of fused-ring (bicyclic) bond motifs is 1. The molecule has 0 saturated carbocycles. The van der Waals surface area contributed by atoms with Gasteiger partial charge in [-0.05, 0) is 25.1 Å². The Morgan fingerprint density at radius 1 is 1.07 bits per heavy atom. The van der Waals surface area contributed by atoms with Crippen LogP contribution in [0.1, 0.15) is 16.1 Å². The molecule has 0 bridgehead atoms. The van der Waals surface area contributed by atoms with Gasteiger partial charge in [-0.2, -0.15) is 17.5 Å². The number of hydrogen-bond donors (Lipinski definition) is 0. The molecule has 0 radical (unpaired) electrons. The maximum Gasteiger partial charge on any atom is 0.474 e. The number of rotatable bonds is 4. The predicted molar refractivity (Wildman–Crippen MR) is 136 cm³/mol. The summed E-state index contributed by atoms with van der Waals surface area (Å²) in [5.41, 5.74) is 1.29. The molecule has 0 N–H and O–H groups in total. The lowest BCUT2D eigenvalue weighted by atomic mass is 10.1. The van der Waals surface area contributed by atoms with E-state index in [0.29, 0.717) is 31.9 Å². The molecule has 1 aliphatic heterocycles. The number of hydrogen-bond acceptors (Lipinski definition) is 6. The topological polar surface area (TPSA) is 113 Å². The third kappa shape index (κ3) is 5.24. The van der Waals surface area contributed by atoms with Crippen LogP contribution in [0.3, 0.4) is 0 Å². The first-order chi connectivity index (χ1) is 19.1. The van der Waals surface area contributed by atoms with E-state index in [-0.39, 0.29) is 44.5 Å². The van der Waals surface area contributed by atoms with E-state index in [1.54, 1.807) is 17.0 Å². The fourth-order valence-corrected chi connectivity index (χ4v) is 5.44. The molecule has 1 aliphatic rings. The van der Waals surface area contributed by atoms with Crippen LogP contribution in [0.2, 0.25) is 0 Å². The molecule has 2 amide bonds. The van der Waals surface area contributed by atoms with Gasteiger partial charge in [-0.15, -0.1) is 11.0 Å². The Kier molecular flexibility index (Phi) is 7.49. The molecular formula is C26H20F4N5O4S-.